The van der Waals surface area contributed by atoms with Gasteiger partial charge in [0.05, 0.1) is 0 Å². The third-order valence-electron chi connectivity index (χ3n) is 3.79. The predicted molar refractivity (Wildman–Crippen MR) is 58.4 cm³/mol. The van der Waals surface area contributed by atoms with Crippen molar-refractivity contribution in [2.24, 2.45) is 11.8 Å². The lowest BCUT2D eigenvalue weighted by Crippen LogP contribution is -2.46. The Balaban J connectivity index is 1.52. The predicted octanol–water partition coefficient (Wildman–Crippen LogP) is 0.997. The van der Waals surface area contributed by atoms with Crippen molar-refractivity contribution in [3.8, 4) is 0 Å². The molecule has 15 heavy (non-hydrogen) atoms. The average molecular weight is 208 g/mol. The first-order chi connectivity index (χ1) is 7.33. The molecule has 0 atom stereocenters. The largest absolute Gasteiger partial charge is 0.339 e. The quantitative estimate of drug-likeness (QED) is 0.731. The third kappa shape index (κ3) is 2.33. The van der Waals surface area contributed by atoms with E-state index in [1.54, 1.807) is 0 Å². The minimum Gasteiger partial charge on any atom is -0.339 e. The van der Waals surface area contributed by atoms with Crippen LogP contribution in [-0.2, 0) is 4.79 Å². The van der Waals surface area contributed by atoms with Gasteiger partial charge in [0.1, 0.15) is 0 Å². The van der Waals surface area contributed by atoms with Gasteiger partial charge in [0.2, 0.25) is 5.91 Å². The highest BCUT2D eigenvalue weighted by molar-refractivity contribution is 5.77. The van der Waals surface area contributed by atoms with E-state index in [4.69, 9.17) is 0 Å². The summed E-state index contributed by atoms with van der Waals surface area (Å²) in [7, 11) is 0. The number of hydrogen-bond donors (Lipinski definition) is 1. The monoisotopic (exact) mass is 208 g/mol. The van der Waals surface area contributed by atoms with Gasteiger partial charge in [-0.25, -0.2) is 0 Å². The van der Waals surface area contributed by atoms with E-state index in [0.29, 0.717) is 17.9 Å². The molecule has 1 saturated heterocycles. The Labute approximate surface area is 91.2 Å². The molecule has 1 amide bonds. The van der Waals surface area contributed by atoms with Gasteiger partial charge >= 0.3 is 0 Å². The number of nitrogens with one attached hydrogen (secondary N) is 1. The maximum Gasteiger partial charge on any atom is 0.223 e. The van der Waals surface area contributed by atoms with Gasteiger partial charge in [0.25, 0.3) is 0 Å². The molecule has 0 radical (unpaired) electrons. The van der Waals surface area contributed by atoms with Gasteiger partial charge in [-0.05, 0) is 50.6 Å². The van der Waals surface area contributed by atoms with E-state index >= 15 is 0 Å². The fraction of sp³-hybridized carbons (Fsp3) is 0.917. The Hall–Kier alpha value is -0.570. The minimum absolute atomic E-state index is 0.427. The Bertz CT molecular complexity index is 254. The smallest absolute Gasteiger partial charge is 0.223 e. The van der Waals surface area contributed by atoms with E-state index in [1.807, 2.05) is 0 Å². The molecular weight excluding hydrogens is 188 g/mol. The lowest BCUT2D eigenvalue weighted by Gasteiger charge is -2.30. The molecule has 0 unspecified atom stereocenters. The van der Waals surface area contributed by atoms with Crippen molar-refractivity contribution in [1.82, 2.24) is 10.2 Å². The van der Waals surface area contributed by atoms with E-state index in [2.05, 4.69) is 10.2 Å². The summed E-state index contributed by atoms with van der Waals surface area (Å²) in [5, 5.41) is 3.23. The van der Waals surface area contributed by atoms with E-state index < -0.39 is 0 Å². The molecule has 2 aliphatic carbocycles. The molecule has 0 aromatic heterocycles. The molecule has 3 aliphatic rings. The zero-order valence-corrected chi connectivity index (χ0v) is 9.24. The number of nitrogens with zero attached hydrogens (tertiary/aromatic N) is 1. The Kier molecular flexibility index (Phi) is 2.43. The summed E-state index contributed by atoms with van der Waals surface area (Å²) in [6, 6.07) is 0.617. The van der Waals surface area contributed by atoms with Crippen molar-refractivity contribution in [1.29, 1.82) is 0 Å². The fourth-order valence-corrected chi connectivity index (χ4v) is 2.28. The molecule has 3 nitrogen and oxygen atoms in total. The van der Waals surface area contributed by atoms with Crippen LogP contribution in [0.3, 0.4) is 0 Å². The summed E-state index contributed by atoms with van der Waals surface area (Å²) in [5.74, 6) is 1.89. The van der Waals surface area contributed by atoms with Crippen LogP contribution < -0.4 is 5.32 Å². The van der Waals surface area contributed by atoms with Crippen LogP contribution in [0.25, 0.3) is 0 Å². The number of carbonyl (C=O) groups is 1. The molecule has 0 spiro atoms. The molecule has 3 rings (SSSR count). The molecule has 1 aliphatic heterocycles. The second-order valence-electron chi connectivity index (χ2n) is 5.45. The molecule has 0 aromatic carbocycles. The summed E-state index contributed by atoms with van der Waals surface area (Å²) < 4.78 is 0. The third-order valence-corrected chi connectivity index (χ3v) is 3.79. The van der Waals surface area contributed by atoms with Crippen molar-refractivity contribution in [2.45, 2.75) is 38.1 Å². The van der Waals surface area contributed by atoms with Crippen LogP contribution in [0.2, 0.25) is 0 Å². The summed E-state index contributed by atoms with van der Waals surface area (Å²) in [6.07, 6.45) is 5.99. The summed E-state index contributed by atoms with van der Waals surface area (Å²) >= 11 is 0. The topological polar surface area (TPSA) is 32.3 Å². The van der Waals surface area contributed by atoms with Gasteiger partial charge in [-0.1, -0.05) is 0 Å². The van der Waals surface area contributed by atoms with E-state index in [9.17, 15) is 4.79 Å². The van der Waals surface area contributed by atoms with E-state index in [1.165, 1.54) is 25.7 Å². The minimum atomic E-state index is 0.427. The lowest BCUT2D eigenvalue weighted by atomic mass is 9.98. The second-order valence-corrected chi connectivity index (χ2v) is 5.45. The average Bonchev–Trinajstić information content (AvgIpc) is 2.98. The highest BCUT2D eigenvalue weighted by Crippen LogP contribution is 2.35. The van der Waals surface area contributed by atoms with Gasteiger partial charge in [-0.2, -0.15) is 0 Å². The Morgan fingerprint density at radius 2 is 1.87 bits per heavy atom. The second kappa shape index (κ2) is 3.78. The molecule has 3 heteroatoms. The molecule has 1 N–H and O–H groups in total. The summed E-state index contributed by atoms with van der Waals surface area (Å²) in [4.78, 5) is 14.3. The molecular formula is C12H20N2O. The van der Waals surface area contributed by atoms with Crippen molar-refractivity contribution in [2.75, 3.05) is 19.6 Å². The van der Waals surface area contributed by atoms with Gasteiger partial charge in [-0.15, -0.1) is 0 Å². The fourth-order valence-electron chi connectivity index (χ4n) is 2.28. The molecule has 1 heterocycles. The number of rotatable bonds is 5. The van der Waals surface area contributed by atoms with Crippen molar-refractivity contribution in [3.05, 3.63) is 0 Å². The van der Waals surface area contributed by atoms with Crippen LogP contribution in [0, 0.1) is 11.8 Å². The first kappa shape index (κ1) is 9.64. The summed E-state index contributed by atoms with van der Waals surface area (Å²) in [5.41, 5.74) is 0. The number of carbonyl (C=O) groups excluding carboxylic acids is 1. The maximum atomic E-state index is 12.1. The van der Waals surface area contributed by atoms with Gasteiger partial charge in [-0.3, -0.25) is 4.79 Å². The highest BCUT2D eigenvalue weighted by atomic mass is 16.2. The van der Waals surface area contributed by atoms with Gasteiger partial charge < -0.3 is 10.2 Å². The number of amides is 1. The number of hydrogen-bond acceptors (Lipinski definition) is 2. The zero-order valence-electron chi connectivity index (χ0n) is 9.24. The van der Waals surface area contributed by atoms with Crippen LogP contribution in [0.1, 0.15) is 32.1 Å². The van der Waals surface area contributed by atoms with Crippen LogP contribution >= 0.6 is 0 Å². The highest BCUT2D eigenvalue weighted by Gasteiger charge is 2.37. The standard InChI is InChI=1S/C12H20N2O/c15-12(5-10-6-13-7-10)14(11-3-4-11)8-9-1-2-9/h9-11,13H,1-8H2. The van der Waals surface area contributed by atoms with Crippen molar-refractivity contribution in [3.63, 3.8) is 0 Å². The van der Waals surface area contributed by atoms with Crippen molar-refractivity contribution < 1.29 is 4.79 Å². The first-order valence-electron chi connectivity index (χ1n) is 6.33. The van der Waals surface area contributed by atoms with Crippen LogP contribution in [-0.4, -0.2) is 36.5 Å². The Morgan fingerprint density at radius 3 is 2.33 bits per heavy atom. The van der Waals surface area contributed by atoms with E-state index in [0.717, 1.165) is 32.0 Å². The van der Waals surface area contributed by atoms with Crippen LogP contribution in [0.4, 0.5) is 0 Å². The summed E-state index contributed by atoms with van der Waals surface area (Å²) in [6.45, 7) is 3.16. The normalized spacial score (nSPS) is 26.1. The molecule has 0 aromatic rings. The molecule has 84 valence electrons. The van der Waals surface area contributed by atoms with Crippen LogP contribution in [0.15, 0.2) is 0 Å². The van der Waals surface area contributed by atoms with E-state index in [-0.39, 0.29) is 0 Å². The Morgan fingerprint density at radius 1 is 1.13 bits per heavy atom. The molecule has 2 saturated carbocycles. The van der Waals surface area contributed by atoms with Crippen LogP contribution in [0.5, 0.6) is 0 Å². The zero-order chi connectivity index (χ0) is 10.3. The maximum absolute atomic E-state index is 12.1. The lowest BCUT2D eigenvalue weighted by molar-refractivity contribution is -0.133. The molecule has 3 fully saturated rings. The molecule has 0 bridgehead atoms. The SMILES string of the molecule is O=C(CC1CNC1)N(CC1CC1)C1CC1. The van der Waals surface area contributed by atoms with Crippen molar-refractivity contribution >= 4 is 5.91 Å². The van der Waals surface area contributed by atoms with Gasteiger partial charge in [0, 0.05) is 19.0 Å². The first-order valence-corrected chi connectivity index (χ1v) is 6.33. The van der Waals surface area contributed by atoms with Gasteiger partial charge in [0.15, 0.2) is 0 Å².